The lowest BCUT2D eigenvalue weighted by molar-refractivity contribution is -0.138. The molecular weight excluding hydrogens is 458 g/mol. The lowest BCUT2D eigenvalue weighted by atomic mass is 10.1. The highest BCUT2D eigenvalue weighted by Gasteiger charge is 2.11. The van der Waals surface area contributed by atoms with Gasteiger partial charge in [-0.15, -0.1) is 0 Å². The van der Waals surface area contributed by atoms with Crippen LogP contribution in [0.3, 0.4) is 0 Å². The van der Waals surface area contributed by atoms with Crippen LogP contribution in [0.4, 0.5) is 11.4 Å². The van der Waals surface area contributed by atoms with E-state index in [9.17, 15) is 4.79 Å². The molecule has 3 rings (SSSR count). The third kappa shape index (κ3) is 7.77. The third-order valence-corrected chi connectivity index (χ3v) is 5.26. The SMILES string of the molecule is CCOC(=O)/C(=C/c1cc(N=C=Nc2ccc(Cl)cc2)ccc1C)N=C=C(CC)c1ccccc1. The molecule has 35 heavy (non-hydrogen) atoms. The van der Waals surface area contributed by atoms with Gasteiger partial charge in [-0.05, 0) is 85.3 Å². The van der Waals surface area contributed by atoms with Crippen LogP contribution in [0.2, 0.25) is 5.02 Å². The second-order valence-electron chi connectivity index (χ2n) is 7.51. The van der Waals surface area contributed by atoms with E-state index in [-0.39, 0.29) is 12.3 Å². The number of aryl methyl sites for hydroxylation is 1. The summed E-state index contributed by atoms with van der Waals surface area (Å²) in [4.78, 5) is 25.5. The molecule has 3 aromatic carbocycles. The molecule has 0 radical (unpaired) electrons. The van der Waals surface area contributed by atoms with Gasteiger partial charge in [-0.2, -0.15) is 15.0 Å². The van der Waals surface area contributed by atoms with Crippen molar-refractivity contribution in [1.29, 1.82) is 0 Å². The summed E-state index contributed by atoms with van der Waals surface area (Å²) in [7, 11) is 0. The van der Waals surface area contributed by atoms with Crippen molar-refractivity contribution < 1.29 is 9.53 Å². The molecule has 176 valence electrons. The Morgan fingerprint density at radius 1 is 0.971 bits per heavy atom. The Morgan fingerprint density at radius 3 is 2.34 bits per heavy atom. The second-order valence-corrected chi connectivity index (χ2v) is 7.95. The van der Waals surface area contributed by atoms with E-state index in [1.165, 1.54) is 0 Å². The molecule has 0 saturated carbocycles. The van der Waals surface area contributed by atoms with E-state index in [4.69, 9.17) is 16.3 Å². The van der Waals surface area contributed by atoms with Crippen molar-refractivity contribution in [3.8, 4) is 0 Å². The summed E-state index contributed by atoms with van der Waals surface area (Å²) in [6.45, 7) is 5.98. The van der Waals surface area contributed by atoms with Crippen molar-refractivity contribution in [2.75, 3.05) is 6.61 Å². The number of esters is 1. The maximum Gasteiger partial charge on any atom is 0.357 e. The second kappa shape index (κ2) is 13.0. The summed E-state index contributed by atoms with van der Waals surface area (Å²) >= 11 is 5.90. The number of ether oxygens (including phenoxy) is 1. The smallest absolute Gasteiger partial charge is 0.357 e. The van der Waals surface area contributed by atoms with Crippen LogP contribution in [-0.2, 0) is 9.53 Å². The minimum Gasteiger partial charge on any atom is -0.461 e. The third-order valence-electron chi connectivity index (χ3n) is 5.01. The van der Waals surface area contributed by atoms with E-state index in [1.807, 2.05) is 62.4 Å². The molecule has 0 atom stereocenters. The number of carbonyl (C=O) groups is 1. The van der Waals surface area contributed by atoms with Gasteiger partial charge in [0.15, 0.2) is 5.70 Å². The summed E-state index contributed by atoms with van der Waals surface area (Å²) in [5.74, 6) is 2.54. The molecule has 0 heterocycles. The Morgan fingerprint density at radius 2 is 1.66 bits per heavy atom. The number of rotatable bonds is 8. The van der Waals surface area contributed by atoms with E-state index in [2.05, 4.69) is 26.9 Å². The molecule has 3 aromatic rings. The number of nitrogens with zero attached hydrogens (tertiary/aromatic N) is 3. The fourth-order valence-corrected chi connectivity index (χ4v) is 3.24. The van der Waals surface area contributed by atoms with E-state index >= 15 is 0 Å². The highest BCUT2D eigenvalue weighted by molar-refractivity contribution is 6.30. The van der Waals surface area contributed by atoms with Gasteiger partial charge >= 0.3 is 5.97 Å². The largest absolute Gasteiger partial charge is 0.461 e. The van der Waals surface area contributed by atoms with Crippen molar-refractivity contribution in [3.63, 3.8) is 0 Å². The van der Waals surface area contributed by atoms with Crippen LogP contribution in [-0.4, -0.2) is 24.5 Å². The minimum atomic E-state index is -0.513. The Bertz CT molecular complexity index is 1330. The first-order chi connectivity index (χ1) is 17.0. The quantitative estimate of drug-likeness (QED) is 0.186. The standard InChI is InChI=1S/C29H26ClN3O2/c1-4-22(23-9-7-6-8-10-23)19-31-28(29(34)35-5-2)18-24-17-27(14-11-21(24)3)33-20-32-26-15-12-25(30)13-16-26/h6-18H,4-5H2,1-3H3/b28-18-. The molecule has 0 unspecified atom stereocenters. The predicted molar refractivity (Wildman–Crippen MR) is 144 cm³/mol. The molecule has 0 aliphatic heterocycles. The molecule has 0 N–H and O–H groups in total. The maximum atomic E-state index is 12.6. The monoisotopic (exact) mass is 483 g/mol. The highest BCUT2D eigenvalue weighted by Crippen LogP contribution is 2.22. The van der Waals surface area contributed by atoms with Gasteiger partial charge < -0.3 is 4.74 Å². The molecular formula is C29H26ClN3O2. The topological polar surface area (TPSA) is 63.4 Å². The Hall–Kier alpha value is -4.01. The number of benzene rings is 3. The lowest BCUT2D eigenvalue weighted by Gasteiger charge is -2.05. The van der Waals surface area contributed by atoms with E-state index in [1.54, 1.807) is 37.3 Å². The zero-order chi connectivity index (χ0) is 25.0. The van der Waals surface area contributed by atoms with Gasteiger partial charge in [0.05, 0.1) is 18.0 Å². The van der Waals surface area contributed by atoms with E-state index < -0.39 is 5.97 Å². The van der Waals surface area contributed by atoms with E-state index in [0.29, 0.717) is 16.4 Å². The van der Waals surface area contributed by atoms with Crippen LogP contribution in [0.15, 0.2) is 93.5 Å². The minimum absolute atomic E-state index is 0.160. The average molecular weight is 484 g/mol. The molecule has 0 spiro atoms. The van der Waals surface area contributed by atoms with Gasteiger partial charge in [0.2, 0.25) is 0 Å². The summed E-state index contributed by atoms with van der Waals surface area (Å²) < 4.78 is 5.23. The van der Waals surface area contributed by atoms with Gasteiger partial charge in [-0.25, -0.2) is 4.79 Å². The van der Waals surface area contributed by atoms with Gasteiger partial charge in [0.25, 0.3) is 0 Å². The molecule has 6 heteroatoms. The number of hydrogen-bond donors (Lipinski definition) is 0. The van der Waals surface area contributed by atoms with Crippen molar-refractivity contribution in [3.05, 3.63) is 100 Å². The van der Waals surface area contributed by atoms with Crippen LogP contribution in [0.25, 0.3) is 11.6 Å². The lowest BCUT2D eigenvalue weighted by Crippen LogP contribution is -2.06. The molecule has 0 saturated heterocycles. The Labute approximate surface area is 210 Å². The summed E-state index contributed by atoms with van der Waals surface area (Å²) in [6, 6.07) is 25.2. The van der Waals surface area contributed by atoms with Gasteiger partial charge in [-0.1, -0.05) is 54.9 Å². The fraction of sp³-hybridized carbons (Fsp3) is 0.172. The van der Waals surface area contributed by atoms with E-state index in [0.717, 1.165) is 28.7 Å². The molecule has 0 aromatic heterocycles. The summed E-state index contributed by atoms with van der Waals surface area (Å²) in [5.41, 5.74) is 5.14. The summed E-state index contributed by atoms with van der Waals surface area (Å²) in [6.07, 6.45) is 2.41. The van der Waals surface area contributed by atoms with Crippen molar-refractivity contribution in [2.45, 2.75) is 27.2 Å². The molecule has 0 amide bonds. The number of aliphatic imine (C=N–C) groups is 3. The maximum absolute atomic E-state index is 12.6. The first-order valence-corrected chi connectivity index (χ1v) is 11.7. The first kappa shape index (κ1) is 25.6. The number of carbonyl (C=O) groups excluding carboxylic acids is 1. The number of hydrogen-bond acceptors (Lipinski definition) is 5. The van der Waals surface area contributed by atoms with Crippen molar-refractivity contribution >= 4 is 52.5 Å². The van der Waals surface area contributed by atoms with Crippen LogP contribution in [0.5, 0.6) is 0 Å². The van der Waals surface area contributed by atoms with Crippen LogP contribution < -0.4 is 0 Å². The van der Waals surface area contributed by atoms with Crippen LogP contribution in [0, 0.1) is 6.92 Å². The van der Waals surface area contributed by atoms with Crippen molar-refractivity contribution in [2.24, 2.45) is 15.0 Å². The van der Waals surface area contributed by atoms with Crippen LogP contribution in [0.1, 0.15) is 37.0 Å². The molecule has 0 aliphatic rings. The Balaban J connectivity index is 1.98. The van der Waals surface area contributed by atoms with Gasteiger partial charge in [0.1, 0.15) is 6.01 Å². The summed E-state index contributed by atoms with van der Waals surface area (Å²) in [5, 5.41) is 0.639. The van der Waals surface area contributed by atoms with Gasteiger partial charge in [-0.3, -0.25) is 0 Å². The molecule has 5 nitrogen and oxygen atoms in total. The van der Waals surface area contributed by atoms with Gasteiger partial charge in [0, 0.05) is 10.6 Å². The zero-order valence-corrected chi connectivity index (χ0v) is 20.7. The Kier molecular flexibility index (Phi) is 9.53. The highest BCUT2D eigenvalue weighted by atomic mass is 35.5. The molecule has 0 fully saturated rings. The molecule has 0 aliphatic carbocycles. The van der Waals surface area contributed by atoms with Crippen LogP contribution >= 0.6 is 11.6 Å². The predicted octanol–water partition coefficient (Wildman–Crippen LogP) is 7.85. The first-order valence-electron chi connectivity index (χ1n) is 11.3. The fourth-order valence-electron chi connectivity index (χ4n) is 3.11. The average Bonchev–Trinajstić information content (AvgIpc) is 2.87. The molecule has 0 bridgehead atoms. The number of halogens is 1. The van der Waals surface area contributed by atoms with Crippen molar-refractivity contribution in [1.82, 2.24) is 0 Å². The number of allylic oxidation sites excluding steroid dienone is 1. The zero-order valence-electron chi connectivity index (χ0n) is 20.0. The normalized spacial score (nSPS) is 10.6.